The van der Waals surface area contributed by atoms with Gasteiger partial charge in [-0.2, -0.15) is 11.3 Å². The summed E-state index contributed by atoms with van der Waals surface area (Å²) >= 11 is 1.74. The molecule has 1 aromatic rings. The fourth-order valence-electron chi connectivity index (χ4n) is 1.34. The molecule has 0 spiro atoms. The number of rotatable bonds is 6. The molecule has 0 saturated heterocycles. The van der Waals surface area contributed by atoms with Crippen molar-refractivity contribution in [1.82, 2.24) is 5.32 Å². The quantitative estimate of drug-likeness (QED) is 0.781. The summed E-state index contributed by atoms with van der Waals surface area (Å²) in [6, 6.07) is 2.63. The van der Waals surface area contributed by atoms with Gasteiger partial charge in [0.15, 0.2) is 0 Å². The fraction of sp³-hybridized carbons (Fsp3) is 0.667. The predicted molar refractivity (Wildman–Crippen MR) is 66.4 cm³/mol. The van der Waals surface area contributed by atoms with Gasteiger partial charge < -0.3 is 10.4 Å². The Bertz CT molecular complexity index is 269. The Morgan fingerprint density at radius 1 is 1.53 bits per heavy atom. The molecule has 0 bridgehead atoms. The minimum absolute atomic E-state index is 0.0249. The molecule has 1 heterocycles. The Morgan fingerprint density at radius 3 is 2.80 bits per heavy atom. The van der Waals surface area contributed by atoms with Gasteiger partial charge in [0.05, 0.1) is 0 Å². The number of aliphatic hydroxyl groups is 1. The van der Waals surface area contributed by atoms with E-state index in [4.69, 9.17) is 5.11 Å². The van der Waals surface area contributed by atoms with E-state index in [1.54, 1.807) is 11.3 Å². The van der Waals surface area contributed by atoms with Crippen molar-refractivity contribution in [1.29, 1.82) is 0 Å². The van der Waals surface area contributed by atoms with E-state index in [2.05, 4.69) is 42.9 Å². The lowest BCUT2D eigenvalue weighted by Gasteiger charge is -2.24. The van der Waals surface area contributed by atoms with Gasteiger partial charge in [-0.15, -0.1) is 0 Å². The smallest absolute Gasteiger partial charge is 0.0494 e. The molecule has 0 aromatic carbocycles. The first-order chi connectivity index (χ1) is 7.03. The lowest BCUT2D eigenvalue weighted by molar-refractivity contribution is 0.154. The van der Waals surface area contributed by atoms with Crippen molar-refractivity contribution in [2.24, 2.45) is 5.41 Å². The SMILES string of the molecule is CC(Cc1ccsc1)NCC(C)(C)CO. The zero-order valence-corrected chi connectivity index (χ0v) is 10.6. The van der Waals surface area contributed by atoms with E-state index in [1.165, 1.54) is 5.56 Å². The first-order valence-corrected chi connectivity index (χ1v) is 6.33. The van der Waals surface area contributed by atoms with Gasteiger partial charge in [-0.05, 0) is 35.7 Å². The van der Waals surface area contributed by atoms with Gasteiger partial charge in [0.25, 0.3) is 0 Å². The highest BCUT2D eigenvalue weighted by atomic mass is 32.1. The van der Waals surface area contributed by atoms with E-state index in [0.29, 0.717) is 6.04 Å². The standard InChI is InChI=1S/C12H21NOS/c1-10(6-11-4-5-15-7-11)13-8-12(2,3)9-14/h4-5,7,10,13-14H,6,8-9H2,1-3H3. The Kier molecular flexibility index (Phi) is 4.77. The van der Waals surface area contributed by atoms with Crippen molar-refractivity contribution < 1.29 is 5.11 Å². The molecule has 0 saturated carbocycles. The Hall–Kier alpha value is -0.380. The van der Waals surface area contributed by atoms with Crippen LogP contribution in [-0.4, -0.2) is 24.3 Å². The van der Waals surface area contributed by atoms with Crippen LogP contribution >= 0.6 is 11.3 Å². The summed E-state index contributed by atoms with van der Waals surface area (Å²) in [5, 5.41) is 16.9. The number of nitrogens with one attached hydrogen (secondary N) is 1. The topological polar surface area (TPSA) is 32.3 Å². The van der Waals surface area contributed by atoms with Gasteiger partial charge in [0, 0.05) is 24.6 Å². The normalized spacial score (nSPS) is 14.1. The number of thiophene rings is 1. The minimum atomic E-state index is -0.0249. The van der Waals surface area contributed by atoms with Crippen molar-refractivity contribution in [3.8, 4) is 0 Å². The van der Waals surface area contributed by atoms with Crippen LogP contribution in [0.1, 0.15) is 26.3 Å². The van der Waals surface area contributed by atoms with Crippen LogP contribution < -0.4 is 5.32 Å². The molecule has 2 N–H and O–H groups in total. The van der Waals surface area contributed by atoms with E-state index >= 15 is 0 Å². The third-order valence-corrected chi connectivity index (χ3v) is 3.21. The number of hydrogen-bond donors (Lipinski definition) is 2. The summed E-state index contributed by atoms with van der Waals surface area (Å²) in [5.74, 6) is 0. The molecular formula is C12H21NOS. The van der Waals surface area contributed by atoms with Crippen LogP contribution in [0, 0.1) is 5.41 Å². The highest BCUT2D eigenvalue weighted by molar-refractivity contribution is 7.07. The van der Waals surface area contributed by atoms with Crippen LogP contribution in [-0.2, 0) is 6.42 Å². The molecule has 1 aromatic heterocycles. The summed E-state index contributed by atoms with van der Waals surface area (Å²) in [6.45, 7) is 7.40. The molecule has 0 aliphatic carbocycles. The summed E-state index contributed by atoms with van der Waals surface area (Å²) in [6.07, 6.45) is 1.06. The van der Waals surface area contributed by atoms with Gasteiger partial charge in [-0.3, -0.25) is 0 Å². The van der Waals surface area contributed by atoms with Crippen LogP contribution in [0.5, 0.6) is 0 Å². The van der Waals surface area contributed by atoms with Gasteiger partial charge >= 0.3 is 0 Å². The zero-order valence-electron chi connectivity index (χ0n) is 9.79. The van der Waals surface area contributed by atoms with Crippen LogP contribution in [0.25, 0.3) is 0 Å². The Balaban J connectivity index is 2.28. The molecule has 0 aliphatic rings. The second kappa shape index (κ2) is 5.64. The summed E-state index contributed by atoms with van der Waals surface area (Å²) in [7, 11) is 0. The fourth-order valence-corrected chi connectivity index (χ4v) is 2.02. The summed E-state index contributed by atoms with van der Waals surface area (Å²) in [5.41, 5.74) is 1.37. The summed E-state index contributed by atoms with van der Waals surface area (Å²) in [4.78, 5) is 0. The van der Waals surface area contributed by atoms with Crippen LogP contribution in [0.4, 0.5) is 0 Å². The van der Waals surface area contributed by atoms with Crippen molar-refractivity contribution in [3.63, 3.8) is 0 Å². The molecule has 86 valence electrons. The average molecular weight is 227 g/mol. The maximum absolute atomic E-state index is 9.13. The van der Waals surface area contributed by atoms with E-state index < -0.39 is 0 Å². The first-order valence-electron chi connectivity index (χ1n) is 5.39. The summed E-state index contributed by atoms with van der Waals surface area (Å²) < 4.78 is 0. The van der Waals surface area contributed by atoms with Gasteiger partial charge in [-0.1, -0.05) is 13.8 Å². The van der Waals surface area contributed by atoms with Crippen molar-refractivity contribution in [2.45, 2.75) is 33.2 Å². The second-order valence-corrected chi connectivity index (χ2v) is 5.72. The van der Waals surface area contributed by atoms with Crippen molar-refractivity contribution in [2.75, 3.05) is 13.2 Å². The highest BCUT2D eigenvalue weighted by Gasteiger charge is 2.17. The third-order valence-electron chi connectivity index (χ3n) is 2.48. The monoisotopic (exact) mass is 227 g/mol. The largest absolute Gasteiger partial charge is 0.396 e. The molecule has 2 nitrogen and oxygen atoms in total. The molecule has 15 heavy (non-hydrogen) atoms. The van der Waals surface area contributed by atoms with Crippen LogP contribution in [0.3, 0.4) is 0 Å². The molecule has 0 fully saturated rings. The van der Waals surface area contributed by atoms with Crippen LogP contribution in [0.15, 0.2) is 16.8 Å². The third kappa shape index (κ3) is 4.78. The predicted octanol–water partition coefficient (Wildman–Crippen LogP) is 2.29. The van der Waals surface area contributed by atoms with E-state index in [0.717, 1.165) is 13.0 Å². The van der Waals surface area contributed by atoms with Crippen LogP contribution in [0.2, 0.25) is 0 Å². The molecule has 0 aliphatic heterocycles. The van der Waals surface area contributed by atoms with E-state index in [1.807, 2.05) is 0 Å². The Labute approximate surface area is 96.3 Å². The number of aliphatic hydroxyl groups excluding tert-OH is 1. The first kappa shape index (κ1) is 12.7. The molecule has 1 unspecified atom stereocenters. The van der Waals surface area contributed by atoms with Crippen molar-refractivity contribution >= 4 is 11.3 Å². The lowest BCUT2D eigenvalue weighted by atomic mass is 9.94. The lowest BCUT2D eigenvalue weighted by Crippen LogP contribution is -2.38. The molecular weight excluding hydrogens is 206 g/mol. The second-order valence-electron chi connectivity index (χ2n) is 4.94. The number of hydrogen-bond acceptors (Lipinski definition) is 3. The molecule has 0 amide bonds. The van der Waals surface area contributed by atoms with Gasteiger partial charge in [-0.25, -0.2) is 0 Å². The zero-order chi connectivity index (χ0) is 11.3. The van der Waals surface area contributed by atoms with Crippen molar-refractivity contribution in [3.05, 3.63) is 22.4 Å². The molecule has 1 rings (SSSR count). The molecule has 3 heteroatoms. The van der Waals surface area contributed by atoms with E-state index in [-0.39, 0.29) is 12.0 Å². The van der Waals surface area contributed by atoms with E-state index in [9.17, 15) is 0 Å². The maximum atomic E-state index is 9.13. The Morgan fingerprint density at radius 2 is 2.27 bits per heavy atom. The molecule has 1 atom stereocenters. The average Bonchev–Trinajstić information content (AvgIpc) is 2.68. The minimum Gasteiger partial charge on any atom is -0.396 e. The van der Waals surface area contributed by atoms with Gasteiger partial charge in [0.2, 0.25) is 0 Å². The maximum Gasteiger partial charge on any atom is 0.0494 e. The van der Waals surface area contributed by atoms with Gasteiger partial charge in [0.1, 0.15) is 0 Å². The molecule has 0 radical (unpaired) electrons. The highest BCUT2D eigenvalue weighted by Crippen LogP contribution is 2.13.